The van der Waals surface area contributed by atoms with Crippen LogP contribution in [0.15, 0.2) is 84.9 Å². The van der Waals surface area contributed by atoms with Gasteiger partial charge in [-0.15, -0.1) is 0 Å². The van der Waals surface area contributed by atoms with Crippen LogP contribution in [-0.4, -0.2) is 33.2 Å². The molecule has 0 spiro atoms. The first-order valence-corrected chi connectivity index (χ1v) is 17.9. The van der Waals surface area contributed by atoms with E-state index in [4.69, 9.17) is 0 Å². The number of aliphatic hydroxyl groups is 2. The Labute approximate surface area is 278 Å². The van der Waals surface area contributed by atoms with Gasteiger partial charge in [-0.05, 0) is 71.2 Å². The van der Waals surface area contributed by atoms with Gasteiger partial charge in [0.05, 0.1) is 23.3 Å². The van der Waals surface area contributed by atoms with Gasteiger partial charge in [-0.2, -0.15) is 0 Å². The molecule has 0 unspecified atom stereocenters. The first kappa shape index (κ1) is 31.8. The summed E-state index contributed by atoms with van der Waals surface area (Å²) in [5.41, 5.74) is -1.71. The van der Waals surface area contributed by atoms with Crippen molar-refractivity contribution in [2.45, 2.75) is 113 Å². The van der Waals surface area contributed by atoms with Crippen LogP contribution in [0.25, 0.3) is 21.5 Å². The molecule has 0 radical (unpaired) electrons. The molecule has 4 aromatic carbocycles. The van der Waals surface area contributed by atoms with E-state index < -0.39 is 28.7 Å². The average molecular weight is 633 g/mol. The van der Waals surface area contributed by atoms with Crippen LogP contribution in [0.2, 0.25) is 0 Å². The monoisotopic (exact) mass is 632 g/mol. The Morgan fingerprint density at radius 3 is 1.23 bits per heavy atom. The van der Waals surface area contributed by atoms with Gasteiger partial charge in [0.15, 0.2) is 0 Å². The number of rotatable bonds is 8. The third-order valence-corrected chi connectivity index (χ3v) is 11.5. The summed E-state index contributed by atoms with van der Waals surface area (Å²) in [6.45, 7) is 0. The third-order valence-electron chi connectivity index (χ3n) is 11.5. The molecule has 3 fully saturated rings. The summed E-state index contributed by atoms with van der Waals surface area (Å²) in [6.07, 6.45) is 11.1. The lowest BCUT2D eigenvalue weighted by Gasteiger charge is -2.39. The Kier molecular flexibility index (Phi) is 8.84. The van der Waals surface area contributed by atoms with E-state index in [-0.39, 0.29) is 11.8 Å². The van der Waals surface area contributed by atoms with E-state index in [0.717, 1.165) is 84.0 Å². The number of carbonyl (C=O) groups excluding carboxylic acids is 2. The zero-order valence-electron chi connectivity index (χ0n) is 27.3. The molecular formula is C41H48N2O4. The van der Waals surface area contributed by atoms with E-state index in [9.17, 15) is 19.8 Å². The minimum atomic E-state index is -1.24. The molecule has 7 rings (SSSR count). The predicted molar refractivity (Wildman–Crippen MR) is 187 cm³/mol. The maximum Gasteiger partial charge on any atom is 0.236 e. The fourth-order valence-electron chi connectivity index (χ4n) is 8.49. The summed E-state index contributed by atoms with van der Waals surface area (Å²) < 4.78 is 0. The minimum absolute atomic E-state index is 0.338. The molecule has 0 aliphatic heterocycles. The highest BCUT2D eigenvalue weighted by atomic mass is 16.3. The lowest BCUT2D eigenvalue weighted by molar-refractivity contribution is -0.141. The van der Waals surface area contributed by atoms with Crippen LogP contribution in [0.4, 0.5) is 0 Å². The van der Waals surface area contributed by atoms with Gasteiger partial charge in [-0.1, -0.05) is 136 Å². The van der Waals surface area contributed by atoms with Crippen molar-refractivity contribution in [2.24, 2.45) is 5.41 Å². The molecule has 4 aromatic rings. The highest BCUT2D eigenvalue weighted by Crippen LogP contribution is 2.50. The van der Waals surface area contributed by atoms with Crippen molar-refractivity contribution < 1.29 is 19.8 Å². The molecule has 6 nitrogen and oxygen atoms in total. The van der Waals surface area contributed by atoms with Crippen molar-refractivity contribution in [3.8, 4) is 0 Å². The van der Waals surface area contributed by atoms with Crippen molar-refractivity contribution in [2.75, 3.05) is 0 Å². The van der Waals surface area contributed by atoms with Gasteiger partial charge in [0.25, 0.3) is 0 Å². The fraction of sp³-hybridized carbons (Fsp3) is 0.463. The first-order valence-electron chi connectivity index (χ1n) is 17.9. The van der Waals surface area contributed by atoms with Gasteiger partial charge in [0.1, 0.15) is 5.41 Å². The highest BCUT2D eigenvalue weighted by Gasteiger charge is 2.59. The van der Waals surface area contributed by atoms with Crippen LogP contribution in [0.1, 0.15) is 113 Å². The summed E-state index contributed by atoms with van der Waals surface area (Å²) in [6, 6.07) is 27.0. The Bertz CT molecular complexity index is 1610. The minimum Gasteiger partial charge on any atom is -0.387 e. The number of benzene rings is 4. The summed E-state index contributed by atoms with van der Waals surface area (Å²) in [7, 11) is 0. The SMILES string of the molecule is O=C(N[C@@H](c1cccc2ccccc12)C1(O)CCCCCC1)C1(C(=O)N[C@@H](c2cccc3ccccc23)C2(O)CCCCCC2)CC1. The van der Waals surface area contributed by atoms with Gasteiger partial charge >= 0.3 is 0 Å². The molecule has 4 N–H and O–H groups in total. The molecule has 2 amide bonds. The number of nitrogens with one attached hydrogen (secondary N) is 2. The molecular weight excluding hydrogens is 584 g/mol. The molecule has 6 heteroatoms. The van der Waals surface area contributed by atoms with Crippen LogP contribution >= 0.6 is 0 Å². The number of carbonyl (C=O) groups is 2. The molecule has 47 heavy (non-hydrogen) atoms. The number of fused-ring (bicyclic) bond motifs is 2. The van der Waals surface area contributed by atoms with E-state index in [1.165, 1.54) is 0 Å². The van der Waals surface area contributed by atoms with Gasteiger partial charge < -0.3 is 20.8 Å². The van der Waals surface area contributed by atoms with Gasteiger partial charge in [-0.25, -0.2) is 0 Å². The number of hydrogen-bond acceptors (Lipinski definition) is 4. The standard InChI is InChI=1S/C41H48N2O4/c44-37(42-35(40(46)23-9-1-2-10-24-40)33-21-13-17-29-15-5-7-19-31(29)33)39(27-28-39)38(45)43-36(41(47)25-11-3-4-12-26-41)34-22-14-18-30-16-6-8-20-32(30)34/h5-8,13-22,35-36,46-47H,1-4,9-12,23-28H2,(H,42,44)(H,43,45)/t35-,36-/m0/s1. The molecule has 246 valence electrons. The first-order chi connectivity index (χ1) is 22.8. The summed E-state index contributed by atoms with van der Waals surface area (Å²) in [5, 5.41) is 35.2. The average Bonchev–Trinajstić information content (AvgIpc) is 3.95. The van der Waals surface area contributed by atoms with Crippen LogP contribution in [0.5, 0.6) is 0 Å². The molecule has 3 aliphatic carbocycles. The van der Waals surface area contributed by atoms with Crippen LogP contribution in [0, 0.1) is 5.41 Å². The maximum atomic E-state index is 14.5. The third kappa shape index (κ3) is 6.18. The Balaban J connectivity index is 1.22. The Morgan fingerprint density at radius 2 is 0.851 bits per heavy atom. The van der Waals surface area contributed by atoms with Crippen LogP contribution < -0.4 is 10.6 Å². The van der Waals surface area contributed by atoms with E-state index in [1.807, 2.05) is 60.7 Å². The van der Waals surface area contributed by atoms with Crippen molar-refractivity contribution in [1.82, 2.24) is 10.6 Å². The van der Waals surface area contributed by atoms with Crippen LogP contribution in [0.3, 0.4) is 0 Å². The lowest BCUT2D eigenvalue weighted by atomic mass is 9.80. The van der Waals surface area contributed by atoms with Gasteiger partial charge in [0, 0.05) is 0 Å². The Hall–Kier alpha value is -3.74. The molecule has 0 bridgehead atoms. The van der Waals surface area contributed by atoms with Crippen molar-refractivity contribution in [1.29, 1.82) is 0 Å². The lowest BCUT2D eigenvalue weighted by Crippen LogP contribution is -2.53. The molecule has 3 saturated carbocycles. The van der Waals surface area contributed by atoms with Crippen molar-refractivity contribution in [3.63, 3.8) is 0 Å². The molecule has 3 aliphatic rings. The summed E-state index contributed by atoms with van der Waals surface area (Å²) in [4.78, 5) is 28.9. The predicted octanol–water partition coefficient (Wildman–Crippen LogP) is 7.96. The highest BCUT2D eigenvalue weighted by molar-refractivity contribution is 6.08. The Morgan fingerprint density at radius 1 is 0.489 bits per heavy atom. The fourth-order valence-corrected chi connectivity index (χ4v) is 8.49. The zero-order valence-corrected chi connectivity index (χ0v) is 27.3. The van der Waals surface area contributed by atoms with Crippen molar-refractivity contribution in [3.05, 3.63) is 96.1 Å². The number of amides is 2. The maximum absolute atomic E-state index is 14.5. The van der Waals surface area contributed by atoms with Gasteiger partial charge in [-0.3, -0.25) is 9.59 Å². The summed E-state index contributed by atoms with van der Waals surface area (Å²) >= 11 is 0. The quantitative estimate of drug-likeness (QED) is 0.117. The summed E-state index contributed by atoms with van der Waals surface area (Å²) in [5.74, 6) is -0.676. The molecule has 0 aromatic heterocycles. The second-order valence-electron chi connectivity index (χ2n) is 14.6. The van der Waals surface area contributed by atoms with Gasteiger partial charge in [0.2, 0.25) is 11.8 Å². The number of hydrogen-bond donors (Lipinski definition) is 4. The normalized spacial score (nSPS) is 21.6. The smallest absolute Gasteiger partial charge is 0.236 e. The van der Waals surface area contributed by atoms with E-state index in [1.54, 1.807) is 0 Å². The van der Waals surface area contributed by atoms with Crippen LogP contribution in [-0.2, 0) is 9.59 Å². The molecule has 2 atom stereocenters. The molecule has 0 heterocycles. The second kappa shape index (κ2) is 13.0. The van der Waals surface area contributed by atoms with Crippen molar-refractivity contribution >= 4 is 33.4 Å². The topological polar surface area (TPSA) is 98.7 Å². The second-order valence-corrected chi connectivity index (χ2v) is 14.6. The van der Waals surface area contributed by atoms with E-state index in [2.05, 4.69) is 34.9 Å². The van der Waals surface area contributed by atoms with E-state index in [0.29, 0.717) is 38.5 Å². The van der Waals surface area contributed by atoms with E-state index >= 15 is 0 Å². The largest absolute Gasteiger partial charge is 0.387 e. The zero-order chi connectivity index (χ0) is 32.5. The molecule has 0 saturated heterocycles.